The Kier molecular flexibility index (Phi) is 5.39. The minimum absolute atomic E-state index is 0.0683. The van der Waals surface area contributed by atoms with Gasteiger partial charge in [-0.25, -0.2) is 9.67 Å². The van der Waals surface area contributed by atoms with Crippen molar-refractivity contribution in [2.75, 3.05) is 19.2 Å². The number of furan rings is 1. The number of methoxy groups -OCH3 is 1. The Morgan fingerprint density at radius 3 is 2.94 bits per heavy atom. The molecule has 0 spiro atoms. The molecule has 0 bridgehead atoms. The highest BCUT2D eigenvalue weighted by molar-refractivity contribution is 6.08. The summed E-state index contributed by atoms with van der Waals surface area (Å²) in [6.45, 7) is 4.14. The molecule has 10 heteroatoms. The number of benzene rings is 1. The van der Waals surface area contributed by atoms with Crippen LogP contribution in [0.3, 0.4) is 0 Å². The predicted octanol–water partition coefficient (Wildman–Crippen LogP) is 3.89. The van der Waals surface area contributed by atoms with Crippen molar-refractivity contribution >= 4 is 22.8 Å². The van der Waals surface area contributed by atoms with Gasteiger partial charge in [0.25, 0.3) is 5.91 Å². The highest BCUT2D eigenvalue weighted by atomic mass is 16.7. The number of carbonyl (C=O) groups excluding carboxylic acids is 1. The van der Waals surface area contributed by atoms with E-state index in [0.29, 0.717) is 62.9 Å². The molecule has 5 rings (SSSR count). The van der Waals surface area contributed by atoms with Gasteiger partial charge in [-0.05, 0) is 38.1 Å². The summed E-state index contributed by atoms with van der Waals surface area (Å²) in [5.41, 5.74) is 2.67. The number of nitrogens with one attached hydrogen (secondary N) is 1. The Labute approximate surface area is 194 Å². The maximum Gasteiger partial charge on any atom is 0.260 e. The molecule has 3 aromatic heterocycles. The molecular formula is C24H21N5O5. The van der Waals surface area contributed by atoms with Crippen LogP contribution in [0, 0.1) is 18.3 Å². The Morgan fingerprint density at radius 1 is 1.35 bits per heavy atom. The van der Waals surface area contributed by atoms with E-state index in [4.69, 9.17) is 18.6 Å². The van der Waals surface area contributed by atoms with E-state index in [1.54, 1.807) is 43.1 Å². The zero-order chi connectivity index (χ0) is 23.8. The van der Waals surface area contributed by atoms with Gasteiger partial charge in [-0.2, -0.15) is 10.4 Å². The third-order valence-electron chi connectivity index (χ3n) is 5.72. The number of aryl methyl sites for hydroxylation is 1. The van der Waals surface area contributed by atoms with Crippen molar-refractivity contribution in [2.24, 2.45) is 0 Å². The zero-order valence-corrected chi connectivity index (χ0v) is 18.8. The van der Waals surface area contributed by atoms with E-state index in [1.807, 2.05) is 13.0 Å². The summed E-state index contributed by atoms with van der Waals surface area (Å²) in [7, 11) is 1.62. The third-order valence-corrected chi connectivity index (χ3v) is 5.72. The summed E-state index contributed by atoms with van der Waals surface area (Å²) in [5.74, 6) is 1.45. The first kappa shape index (κ1) is 21.5. The summed E-state index contributed by atoms with van der Waals surface area (Å²) in [5, 5.41) is 17.9. The van der Waals surface area contributed by atoms with Crippen LogP contribution < -0.4 is 14.8 Å². The van der Waals surface area contributed by atoms with Gasteiger partial charge >= 0.3 is 0 Å². The Bertz CT molecular complexity index is 1450. The number of anilines is 1. The highest BCUT2D eigenvalue weighted by Crippen LogP contribution is 2.41. The predicted molar refractivity (Wildman–Crippen MR) is 122 cm³/mol. The number of carbonyl (C=O) groups is 1. The number of ether oxygens (including phenoxy) is 3. The fraction of sp³-hybridized carbons (Fsp3) is 0.250. The van der Waals surface area contributed by atoms with Crippen LogP contribution in [-0.4, -0.2) is 40.7 Å². The number of fused-ring (bicyclic) bond motifs is 2. The Balaban J connectivity index is 1.62. The second-order valence-electron chi connectivity index (χ2n) is 7.85. The van der Waals surface area contributed by atoms with Crippen LogP contribution in [0.2, 0.25) is 0 Å². The molecule has 4 heterocycles. The van der Waals surface area contributed by atoms with E-state index in [-0.39, 0.29) is 18.8 Å². The van der Waals surface area contributed by atoms with Crippen molar-refractivity contribution in [3.63, 3.8) is 0 Å². The third kappa shape index (κ3) is 3.62. The van der Waals surface area contributed by atoms with Crippen LogP contribution in [0.25, 0.3) is 22.2 Å². The molecule has 0 aliphatic carbocycles. The normalized spacial score (nSPS) is 13.1. The minimum Gasteiger partial charge on any atom is -0.469 e. The van der Waals surface area contributed by atoms with Crippen molar-refractivity contribution in [3.05, 3.63) is 53.6 Å². The minimum atomic E-state index is -0.344. The quantitative estimate of drug-likeness (QED) is 0.460. The van der Waals surface area contributed by atoms with Gasteiger partial charge in [0.2, 0.25) is 6.79 Å². The van der Waals surface area contributed by atoms with Crippen molar-refractivity contribution in [2.45, 2.75) is 26.5 Å². The molecular weight excluding hydrogens is 438 g/mol. The maximum atomic E-state index is 12.9. The molecule has 1 aliphatic rings. The molecule has 0 radical (unpaired) electrons. The van der Waals surface area contributed by atoms with E-state index in [9.17, 15) is 10.1 Å². The van der Waals surface area contributed by atoms with Crippen molar-refractivity contribution in [1.82, 2.24) is 14.8 Å². The maximum absolute atomic E-state index is 12.9. The number of amides is 1. The first-order valence-electron chi connectivity index (χ1n) is 10.6. The van der Waals surface area contributed by atoms with Crippen LogP contribution in [-0.2, 0) is 11.3 Å². The molecule has 1 N–H and O–H groups in total. The first-order chi connectivity index (χ1) is 16.5. The fourth-order valence-corrected chi connectivity index (χ4v) is 3.86. The molecule has 0 saturated carbocycles. The van der Waals surface area contributed by atoms with Crippen LogP contribution in [0.1, 0.15) is 28.6 Å². The van der Waals surface area contributed by atoms with Gasteiger partial charge < -0.3 is 23.9 Å². The standard InChI is InChI=1S/C24H21N5O5/c1-13(31-3)11-29-23-18(22(28-29)27-24(30)16-6-7-32-14(16)2)8-15(10-26-23)17-4-5-20-21(19(17)9-25)34-12-33-20/h4-8,10,13H,11-12H2,1-3H3,(H,27,28,30). The smallest absolute Gasteiger partial charge is 0.260 e. The molecule has 1 unspecified atom stereocenters. The van der Waals surface area contributed by atoms with E-state index in [0.717, 1.165) is 0 Å². The lowest BCUT2D eigenvalue weighted by molar-refractivity contribution is 0.101. The van der Waals surface area contributed by atoms with Crippen LogP contribution in [0.4, 0.5) is 5.82 Å². The lowest BCUT2D eigenvalue weighted by Crippen LogP contribution is -2.17. The second kappa shape index (κ2) is 8.53. The highest BCUT2D eigenvalue weighted by Gasteiger charge is 2.23. The van der Waals surface area contributed by atoms with Crippen LogP contribution in [0.15, 0.2) is 41.1 Å². The summed E-state index contributed by atoms with van der Waals surface area (Å²) in [6.07, 6.45) is 3.01. The molecule has 1 atom stereocenters. The lowest BCUT2D eigenvalue weighted by Gasteiger charge is -2.10. The molecule has 1 amide bonds. The Morgan fingerprint density at radius 2 is 2.21 bits per heavy atom. The molecule has 172 valence electrons. The van der Waals surface area contributed by atoms with E-state index in [2.05, 4.69) is 21.5 Å². The van der Waals surface area contributed by atoms with Gasteiger partial charge in [0.15, 0.2) is 23.0 Å². The molecule has 0 fully saturated rings. The van der Waals surface area contributed by atoms with E-state index in [1.165, 1.54) is 6.26 Å². The first-order valence-corrected chi connectivity index (χ1v) is 10.6. The molecule has 0 saturated heterocycles. The molecule has 4 aromatic rings. The summed E-state index contributed by atoms with van der Waals surface area (Å²) >= 11 is 0. The van der Waals surface area contributed by atoms with Crippen molar-refractivity contribution < 1.29 is 23.4 Å². The fourth-order valence-electron chi connectivity index (χ4n) is 3.86. The van der Waals surface area contributed by atoms with Gasteiger partial charge in [0.05, 0.1) is 29.9 Å². The summed E-state index contributed by atoms with van der Waals surface area (Å²) < 4.78 is 23.2. The molecule has 1 aromatic carbocycles. The number of nitriles is 1. The average Bonchev–Trinajstić information content (AvgIpc) is 3.57. The number of hydrogen-bond donors (Lipinski definition) is 1. The van der Waals surface area contributed by atoms with Gasteiger partial charge in [-0.3, -0.25) is 4.79 Å². The largest absolute Gasteiger partial charge is 0.469 e. The monoisotopic (exact) mass is 459 g/mol. The summed E-state index contributed by atoms with van der Waals surface area (Å²) in [4.78, 5) is 17.5. The number of rotatable bonds is 6. The van der Waals surface area contributed by atoms with Crippen molar-refractivity contribution in [3.8, 4) is 28.7 Å². The Hall–Kier alpha value is -4.36. The number of hydrogen-bond acceptors (Lipinski definition) is 8. The van der Waals surface area contributed by atoms with Gasteiger partial charge in [0.1, 0.15) is 17.4 Å². The molecule has 1 aliphatic heterocycles. The second-order valence-corrected chi connectivity index (χ2v) is 7.85. The molecule has 34 heavy (non-hydrogen) atoms. The van der Waals surface area contributed by atoms with Crippen LogP contribution >= 0.6 is 0 Å². The number of nitrogens with zero attached hydrogens (tertiary/aromatic N) is 4. The zero-order valence-electron chi connectivity index (χ0n) is 18.8. The van der Waals surface area contributed by atoms with E-state index < -0.39 is 0 Å². The number of aromatic nitrogens is 3. The van der Waals surface area contributed by atoms with Crippen LogP contribution in [0.5, 0.6) is 11.5 Å². The van der Waals surface area contributed by atoms with Gasteiger partial charge in [-0.15, -0.1) is 0 Å². The summed E-state index contributed by atoms with van der Waals surface area (Å²) in [6, 6.07) is 9.20. The lowest BCUT2D eigenvalue weighted by atomic mass is 10.00. The SMILES string of the molecule is COC(C)Cn1nc(NC(=O)c2ccoc2C)c2cc(-c3ccc4c(c3C#N)OCO4)cnc21. The average molecular weight is 459 g/mol. The van der Waals surface area contributed by atoms with E-state index >= 15 is 0 Å². The van der Waals surface area contributed by atoms with Gasteiger partial charge in [-0.1, -0.05) is 0 Å². The number of pyridine rings is 1. The molecule has 10 nitrogen and oxygen atoms in total. The van der Waals surface area contributed by atoms with Crippen molar-refractivity contribution in [1.29, 1.82) is 5.26 Å². The topological polar surface area (TPSA) is 124 Å². The van der Waals surface area contributed by atoms with Gasteiger partial charge in [0, 0.05) is 24.4 Å².